The molecule has 0 radical (unpaired) electrons. The standard InChI is InChI=1S/C25H14Cl3F4NO2/c26-19-9-13(6-8-18(25(30,31)32)15-10-20(27)22(29)21(28)11-15)5-7-14(19)12-33-23(34)16-3-1-2-4-17(16)24(33)35/h1-11,18H,12H2/b8-6+. The quantitative estimate of drug-likeness (QED) is 0.186. The summed E-state index contributed by atoms with van der Waals surface area (Å²) in [7, 11) is 0. The van der Waals surface area contributed by atoms with E-state index in [1.54, 1.807) is 24.3 Å². The van der Waals surface area contributed by atoms with E-state index in [4.69, 9.17) is 34.8 Å². The minimum atomic E-state index is -4.70. The summed E-state index contributed by atoms with van der Waals surface area (Å²) in [6, 6.07) is 12.6. The molecule has 1 aliphatic rings. The van der Waals surface area contributed by atoms with Gasteiger partial charge in [0.15, 0.2) is 5.82 Å². The molecule has 1 heterocycles. The van der Waals surface area contributed by atoms with E-state index in [0.29, 0.717) is 22.3 Å². The van der Waals surface area contributed by atoms with Crippen LogP contribution in [0.2, 0.25) is 15.1 Å². The molecule has 0 saturated heterocycles. The Morgan fingerprint density at radius 2 is 1.43 bits per heavy atom. The molecule has 180 valence electrons. The third-order valence-electron chi connectivity index (χ3n) is 5.48. The molecule has 0 fully saturated rings. The van der Waals surface area contributed by atoms with Crippen LogP contribution in [0.15, 0.2) is 60.7 Å². The Hall–Kier alpha value is -2.87. The number of fused-ring (bicyclic) bond motifs is 1. The van der Waals surface area contributed by atoms with Crippen LogP contribution in [0.4, 0.5) is 17.6 Å². The lowest BCUT2D eigenvalue weighted by Gasteiger charge is -2.18. The lowest BCUT2D eigenvalue weighted by molar-refractivity contribution is -0.139. The van der Waals surface area contributed by atoms with Crippen LogP contribution >= 0.6 is 34.8 Å². The van der Waals surface area contributed by atoms with E-state index in [2.05, 4.69) is 0 Å². The van der Waals surface area contributed by atoms with Gasteiger partial charge in [-0.2, -0.15) is 13.2 Å². The number of imide groups is 1. The van der Waals surface area contributed by atoms with Gasteiger partial charge in [-0.05, 0) is 47.0 Å². The topological polar surface area (TPSA) is 37.4 Å². The molecule has 0 N–H and O–H groups in total. The van der Waals surface area contributed by atoms with Crippen LogP contribution in [0.3, 0.4) is 0 Å². The summed E-state index contributed by atoms with van der Waals surface area (Å²) in [5, 5.41) is -0.869. The van der Waals surface area contributed by atoms with Crippen LogP contribution in [-0.4, -0.2) is 22.9 Å². The smallest absolute Gasteiger partial charge is 0.270 e. The van der Waals surface area contributed by atoms with Crippen LogP contribution in [-0.2, 0) is 6.54 Å². The van der Waals surface area contributed by atoms with Gasteiger partial charge in [0.2, 0.25) is 0 Å². The van der Waals surface area contributed by atoms with Gasteiger partial charge in [-0.15, -0.1) is 0 Å². The highest BCUT2D eigenvalue weighted by Crippen LogP contribution is 2.39. The first-order chi connectivity index (χ1) is 16.5. The molecule has 35 heavy (non-hydrogen) atoms. The SMILES string of the molecule is O=C1c2ccccc2C(=O)N1Cc1ccc(/C=C/C(c2cc(Cl)c(F)c(Cl)c2)C(F)(F)F)cc1Cl. The number of benzene rings is 3. The first-order valence-electron chi connectivity index (χ1n) is 10.1. The van der Waals surface area contributed by atoms with E-state index < -0.39 is 39.8 Å². The Kier molecular flexibility index (Phi) is 6.95. The maximum atomic E-state index is 13.7. The molecule has 0 bridgehead atoms. The number of amides is 2. The van der Waals surface area contributed by atoms with Crippen molar-refractivity contribution in [3.63, 3.8) is 0 Å². The van der Waals surface area contributed by atoms with Crippen molar-refractivity contribution >= 4 is 52.7 Å². The fourth-order valence-corrected chi connectivity index (χ4v) is 4.47. The van der Waals surface area contributed by atoms with Gasteiger partial charge < -0.3 is 0 Å². The first kappa shape index (κ1) is 25.2. The van der Waals surface area contributed by atoms with Crippen molar-refractivity contribution in [3.8, 4) is 0 Å². The summed E-state index contributed by atoms with van der Waals surface area (Å²) in [6.07, 6.45) is -2.60. The number of allylic oxidation sites excluding steroid dienone is 1. The summed E-state index contributed by atoms with van der Waals surface area (Å²) in [4.78, 5) is 26.2. The summed E-state index contributed by atoms with van der Waals surface area (Å²) in [5.74, 6) is -4.00. The minimum Gasteiger partial charge on any atom is -0.270 e. The second-order valence-electron chi connectivity index (χ2n) is 7.77. The number of nitrogens with zero attached hydrogens (tertiary/aromatic N) is 1. The Labute approximate surface area is 212 Å². The van der Waals surface area contributed by atoms with Crippen molar-refractivity contribution in [1.29, 1.82) is 0 Å². The van der Waals surface area contributed by atoms with Crippen molar-refractivity contribution in [3.05, 3.63) is 109 Å². The zero-order valence-corrected chi connectivity index (χ0v) is 19.8. The second kappa shape index (κ2) is 9.64. The van der Waals surface area contributed by atoms with Gasteiger partial charge in [-0.25, -0.2) is 4.39 Å². The van der Waals surface area contributed by atoms with Crippen LogP contribution in [0.1, 0.15) is 43.3 Å². The van der Waals surface area contributed by atoms with Crippen molar-refractivity contribution in [2.75, 3.05) is 0 Å². The molecule has 0 aliphatic carbocycles. The number of carbonyl (C=O) groups is 2. The van der Waals surface area contributed by atoms with Crippen LogP contribution in [0.25, 0.3) is 6.08 Å². The normalized spacial score (nSPS) is 14.7. The molecule has 4 rings (SSSR count). The Morgan fingerprint density at radius 3 is 1.94 bits per heavy atom. The molecule has 0 aromatic heterocycles. The van der Waals surface area contributed by atoms with Crippen LogP contribution in [0, 0.1) is 5.82 Å². The highest BCUT2D eigenvalue weighted by molar-refractivity contribution is 6.35. The summed E-state index contributed by atoms with van der Waals surface area (Å²) < 4.78 is 54.8. The van der Waals surface area contributed by atoms with Crippen LogP contribution < -0.4 is 0 Å². The summed E-state index contributed by atoms with van der Waals surface area (Å²) in [6.45, 7) is -0.0903. The van der Waals surface area contributed by atoms with E-state index in [9.17, 15) is 27.2 Å². The average molecular weight is 543 g/mol. The number of alkyl halides is 3. The zero-order chi connectivity index (χ0) is 25.5. The van der Waals surface area contributed by atoms with E-state index in [-0.39, 0.29) is 17.1 Å². The molecule has 0 spiro atoms. The monoisotopic (exact) mass is 541 g/mol. The van der Waals surface area contributed by atoms with Gasteiger partial charge in [-0.1, -0.05) is 71.2 Å². The molecule has 2 amide bonds. The Morgan fingerprint density at radius 1 is 0.857 bits per heavy atom. The molecule has 3 aromatic rings. The van der Waals surface area contributed by atoms with E-state index in [1.807, 2.05) is 0 Å². The molecule has 1 aliphatic heterocycles. The van der Waals surface area contributed by atoms with Gasteiger partial charge in [0.05, 0.1) is 33.6 Å². The first-order valence-corrected chi connectivity index (χ1v) is 11.2. The lowest BCUT2D eigenvalue weighted by Crippen LogP contribution is -2.29. The predicted molar refractivity (Wildman–Crippen MR) is 126 cm³/mol. The van der Waals surface area contributed by atoms with Crippen molar-refractivity contribution in [2.45, 2.75) is 18.6 Å². The minimum absolute atomic E-state index is 0.0903. The van der Waals surface area contributed by atoms with Gasteiger partial charge in [0.1, 0.15) is 0 Å². The third kappa shape index (κ3) is 5.08. The highest BCUT2D eigenvalue weighted by Gasteiger charge is 2.39. The molecule has 10 heteroatoms. The summed E-state index contributed by atoms with van der Waals surface area (Å²) in [5.41, 5.74) is 1.07. The molecular weight excluding hydrogens is 529 g/mol. The second-order valence-corrected chi connectivity index (χ2v) is 8.99. The van der Waals surface area contributed by atoms with Gasteiger partial charge in [0, 0.05) is 5.02 Å². The maximum absolute atomic E-state index is 13.7. The predicted octanol–water partition coefficient (Wildman–Crippen LogP) is 7.94. The molecule has 1 atom stereocenters. The maximum Gasteiger partial charge on any atom is 0.399 e. The van der Waals surface area contributed by atoms with Gasteiger partial charge in [0.25, 0.3) is 11.8 Å². The van der Waals surface area contributed by atoms with Crippen molar-refractivity contribution in [1.82, 2.24) is 4.90 Å². The Bertz CT molecular complexity index is 1310. The van der Waals surface area contributed by atoms with E-state index in [1.165, 1.54) is 24.3 Å². The number of rotatable bonds is 5. The number of hydrogen-bond acceptors (Lipinski definition) is 2. The van der Waals surface area contributed by atoms with E-state index >= 15 is 0 Å². The third-order valence-corrected chi connectivity index (χ3v) is 6.38. The van der Waals surface area contributed by atoms with Crippen molar-refractivity contribution < 1.29 is 27.2 Å². The largest absolute Gasteiger partial charge is 0.399 e. The zero-order valence-electron chi connectivity index (χ0n) is 17.5. The lowest BCUT2D eigenvalue weighted by atomic mass is 9.96. The molecule has 1 unspecified atom stereocenters. The molecule has 3 aromatic carbocycles. The van der Waals surface area contributed by atoms with Crippen LogP contribution in [0.5, 0.6) is 0 Å². The molecular formula is C25H14Cl3F4NO2. The highest BCUT2D eigenvalue weighted by atomic mass is 35.5. The molecule has 3 nitrogen and oxygen atoms in total. The number of hydrogen-bond donors (Lipinski definition) is 0. The van der Waals surface area contributed by atoms with Gasteiger partial charge >= 0.3 is 6.18 Å². The molecule has 0 saturated carbocycles. The van der Waals surface area contributed by atoms with Gasteiger partial charge in [-0.3, -0.25) is 14.5 Å². The Balaban J connectivity index is 1.57. The number of halogens is 7. The fourth-order valence-electron chi connectivity index (χ4n) is 3.72. The van der Waals surface area contributed by atoms with Crippen molar-refractivity contribution in [2.24, 2.45) is 0 Å². The fraction of sp³-hybridized carbons (Fsp3) is 0.120. The summed E-state index contributed by atoms with van der Waals surface area (Å²) >= 11 is 17.7. The van der Waals surface area contributed by atoms with E-state index in [0.717, 1.165) is 23.1 Å². The number of carbonyl (C=O) groups excluding carboxylic acids is 2. The average Bonchev–Trinajstić information content (AvgIpc) is 3.03.